The minimum Gasteiger partial charge on any atom is -0.369 e. The van der Waals surface area contributed by atoms with Gasteiger partial charge in [0.1, 0.15) is 0 Å². The third-order valence-corrected chi connectivity index (χ3v) is 3.75. The van der Waals surface area contributed by atoms with Crippen molar-refractivity contribution in [2.45, 2.75) is 32.2 Å². The lowest BCUT2D eigenvalue weighted by Crippen LogP contribution is -2.15. The van der Waals surface area contributed by atoms with Gasteiger partial charge in [-0.25, -0.2) is 4.98 Å². The zero-order valence-corrected chi connectivity index (χ0v) is 10.8. The molecular formula is C14H20N4. The van der Waals surface area contributed by atoms with Crippen LogP contribution in [-0.2, 0) is 6.42 Å². The average molecular weight is 244 g/mol. The summed E-state index contributed by atoms with van der Waals surface area (Å²) in [5.41, 5.74) is 9.71. The van der Waals surface area contributed by atoms with Gasteiger partial charge in [-0.2, -0.15) is 0 Å². The van der Waals surface area contributed by atoms with Gasteiger partial charge < -0.3 is 15.6 Å². The van der Waals surface area contributed by atoms with Crippen molar-refractivity contribution in [2.75, 3.05) is 18.8 Å². The van der Waals surface area contributed by atoms with Crippen molar-refractivity contribution < 1.29 is 0 Å². The lowest BCUT2D eigenvalue weighted by Gasteiger charge is -2.13. The van der Waals surface area contributed by atoms with E-state index in [1.807, 2.05) is 0 Å². The monoisotopic (exact) mass is 244 g/mol. The molecule has 0 aliphatic carbocycles. The second-order valence-corrected chi connectivity index (χ2v) is 5.02. The Morgan fingerprint density at radius 1 is 1.50 bits per heavy atom. The number of nitrogens with zero attached hydrogens (tertiary/aromatic N) is 2. The molecule has 1 aromatic heterocycles. The third-order valence-electron chi connectivity index (χ3n) is 3.75. The van der Waals surface area contributed by atoms with Crippen molar-refractivity contribution in [3.63, 3.8) is 0 Å². The van der Waals surface area contributed by atoms with E-state index < -0.39 is 0 Å². The first kappa shape index (κ1) is 11.5. The fraction of sp³-hybridized carbons (Fsp3) is 0.500. The molecule has 0 radical (unpaired) electrons. The molecule has 1 aromatic carbocycles. The first-order chi connectivity index (χ1) is 8.81. The minimum atomic E-state index is 0.451. The van der Waals surface area contributed by atoms with Crippen LogP contribution in [0.3, 0.4) is 0 Å². The standard InChI is InChI=1S/C14H20N4/c1-2-4-10-5-3-6-12-13(10)17-14(15)18(12)11-7-8-16-9-11/h3,5-6,11,16H,2,4,7-9H2,1H3,(H2,15,17). The highest BCUT2D eigenvalue weighted by atomic mass is 15.2. The number of hydrogen-bond donors (Lipinski definition) is 2. The van der Waals surface area contributed by atoms with Crippen LogP contribution in [0.15, 0.2) is 18.2 Å². The molecule has 4 heteroatoms. The highest BCUT2D eigenvalue weighted by Gasteiger charge is 2.21. The molecule has 0 saturated carbocycles. The van der Waals surface area contributed by atoms with Crippen LogP contribution in [0.1, 0.15) is 31.4 Å². The maximum atomic E-state index is 6.12. The average Bonchev–Trinajstić information content (AvgIpc) is 2.96. The molecule has 1 unspecified atom stereocenters. The van der Waals surface area contributed by atoms with E-state index in [0.717, 1.165) is 37.9 Å². The Kier molecular flexibility index (Phi) is 2.96. The number of aryl methyl sites for hydroxylation is 1. The maximum Gasteiger partial charge on any atom is 0.201 e. The Balaban J connectivity index is 2.14. The van der Waals surface area contributed by atoms with E-state index in [-0.39, 0.29) is 0 Å². The molecule has 96 valence electrons. The predicted octanol–water partition coefficient (Wildman–Crippen LogP) is 2.11. The predicted molar refractivity (Wildman–Crippen MR) is 74.7 cm³/mol. The quantitative estimate of drug-likeness (QED) is 0.869. The second-order valence-electron chi connectivity index (χ2n) is 5.02. The number of nitrogen functional groups attached to an aromatic ring is 1. The number of nitrogens with two attached hydrogens (primary N) is 1. The van der Waals surface area contributed by atoms with Crippen molar-refractivity contribution in [3.05, 3.63) is 23.8 Å². The number of anilines is 1. The first-order valence-corrected chi connectivity index (χ1v) is 6.77. The normalized spacial score (nSPS) is 19.7. The van der Waals surface area contributed by atoms with Gasteiger partial charge in [-0.15, -0.1) is 0 Å². The summed E-state index contributed by atoms with van der Waals surface area (Å²) in [5.74, 6) is 0.655. The van der Waals surface area contributed by atoms with Gasteiger partial charge >= 0.3 is 0 Å². The van der Waals surface area contributed by atoms with Gasteiger partial charge in [-0.1, -0.05) is 25.5 Å². The van der Waals surface area contributed by atoms with Crippen LogP contribution in [0.25, 0.3) is 11.0 Å². The van der Waals surface area contributed by atoms with Gasteiger partial charge in [0.05, 0.1) is 17.1 Å². The highest BCUT2D eigenvalue weighted by Crippen LogP contribution is 2.28. The largest absolute Gasteiger partial charge is 0.369 e. The summed E-state index contributed by atoms with van der Waals surface area (Å²) in [4.78, 5) is 4.59. The molecule has 1 saturated heterocycles. The third kappa shape index (κ3) is 1.77. The first-order valence-electron chi connectivity index (χ1n) is 6.77. The number of imidazole rings is 1. The van der Waals surface area contributed by atoms with Gasteiger partial charge in [0.15, 0.2) is 0 Å². The Morgan fingerprint density at radius 3 is 3.11 bits per heavy atom. The number of fused-ring (bicyclic) bond motifs is 1. The molecule has 1 aliphatic heterocycles. The van der Waals surface area contributed by atoms with Gasteiger partial charge in [-0.3, -0.25) is 0 Å². The fourth-order valence-electron chi connectivity index (χ4n) is 2.91. The van der Waals surface area contributed by atoms with Crippen LogP contribution in [0.5, 0.6) is 0 Å². The summed E-state index contributed by atoms with van der Waals surface area (Å²) in [6.07, 6.45) is 3.33. The summed E-state index contributed by atoms with van der Waals surface area (Å²) in [6.45, 7) is 4.26. The summed E-state index contributed by atoms with van der Waals surface area (Å²) in [5, 5.41) is 3.39. The number of rotatable bonds is 3. The van der Waals surface area contributed by atoms with E-state index in [1.54, 1.807) is 0 Å². The number of aromatic nitrogens is 2. The molecule has 0 bridgehead atoms. The molecule has 1 fully saturated rings. The molecule has 2 aromatic rings. The van der Waals surface area contributed by atoms with E-state index in [0.29, 0.717) is 12.0 Å². The Morgan fingerprint density at radius 2 is 2.39 bits per heavy atom. The molecule has 0 amide bonds. The molecule has 4 nitrogen and oxygen atoms in total. The fourth-order valence-corrected chi connectivity index (χ4v) is 2.91. The van der Waals surface area contributed by atoms with Gasteiger partial charge in [0.25, 0.3) is 0 Å². The van der Waals surface area contributed by atoms with Crippen LogP contribution >= 0.6 is 0 Å². The van der Waals surface area contributed by atoms with E-state index in [1.165, 1.54) is 11.1 Å². The smallest absolute Gasteiger partial charge is 0.201 e. The zero-order chi connectivity index (χ0) is 12.5. The van der Waals surface area contributed by atoms with E-state index in [9.17, 15) is 0 Å². The second kappa shape index (κ2) is 4.61. The van der Waals surface area contributed by atoms with Crippen molar-refractivity contribution in [1.82, 2.24) is 14.9 Å². The molecule has 1 atom stereocenters. The van der Waals surface area contributed by atoms with Gasteiger partial charge in [-0.05, 0) is 31.0 Å². The number of nitrogens with one attached hydrogen (secondary N) is 1. The van der Waals surface area contributed by atoms with Gasteiger partial charge in [0.2, 0.25) is 5.95 Å². The Bertz CT molecular complexity index is 552. The summed E-state index contributed by atoms with van der Waals surface area (Å²) in [6, 6.07) is 6.87. The van der Waals surface area contributed by atoms with E-state index in [4.69, 9.17) is 5.73 Å². The SMILES string of the molecule is CCCc1cccc2c1nc(N)n2C1CCNC1. The van der Waals surface area contributed by atoms with Crippen LogP contribution in [0, 0.1) is 0 Å². The minimum absolute atomic E-state index is 0.451. The zero-order valence-electron chi connectivity index (χ0n) is 10.8. The van der Waals surface area contributed by atoms with Crippen LogP contribution < -0.4 is 11.1 Å². The highest BCUT2D eigenvalue weighted by molar-refractivity contribution is 5.82. The summed E-state index contributed by atoms with van der Waals surface area (Å²) in [7, 11) is 0. The molecule has 3 N–H and O–H groups in total. The molecule has 2 heterocycles. The molecule has 18 heavy (non-hydrogen) atoms. The molecule has 1 aliphatic rings. The summed E-state index contributed by atoms with van der Waals surface area (Å²) >= 11 is 0. The molecular weight excluding hydrogens is 224 g/mol. The van der Waals surface area contributed by atoms with Crippen LogP contribution in [-0.4, -0.2) is 22.6 Å². The van der Waals surface area contributed by atoms with E-state index >= 15 is 0 Å². The number of para-hydroxylation sites is 1. The van der Waals surface area contributed by atoms with Crippen molar-refractivity contribution in [3.8, 4) is 0 Å². The molecule has 0 spiro atoms. The number of benzene rings is 1. The Hall–Kier alpha value is -1.55. The van der Waals surface area contributed by atoms with Crippen molar-refractivity contribution >= 4 is 17.0 Å². The van der Waals surface area contributed by atoms with Crippen molar-refractivity contribution in [2.24, 2.45) is 0 Å². The Labute approximate surface area is 107 Å². The van der Waals surface area contributed by atoms with E-state index in [2.05, 4.69) is 40.0 Å². The van der Waals surface area contributed by atoms with Crippen LogP contribution in [0.4, 0.5) is 5.95 Å². The topological polar surface area (TPSA) is 55.9 Å². The lowest BCUT2D eigenvalue weighted by molar-refractivity contribution is 0.569. The van der Waals surface area contributed by atoms with Crippen molar-refractivity contribution in [1.29, 1.82) is 0 Å². The molecule has 3 rings (SSSR count). The van der Waals surface area contributed by atoms with Gasteiger partial charge in [0, 0.05) is 6.54 Å². The van der Waals surface area contributed by atoms with Crippen LogP contribution in [0.2, 0.25) is 0 Å². The lowest BCUT2D eigenvalue weighted by atomic mass is 10.1. The summed E-state index contributed by atoms with van der Waals surface area (Å²) < 4.78 is 2.20. The number of hydrogen-bond acceptors (Lipinski definition) is 3. The maximum absolute atomic E-state index is 6.12.